The maximum absolute atomic E-state index is 12.1. The zero-order valence-electron chi connectivity index (χ0n) is 15.7. The van der Waals surface area contributed by atoms with Crippen LogP contribution < -0.4 is 14.8 Å². The van der Waals surface area contributed by atoms with Crippen molar-refractivity contribution in [3.8, 4) is 11.5 Å². The van der Waals surface area contributed by atoms with Gasteiger partial charge in [0.1, 0.15) is 0 Å². The van der Waals surface area contributed by atoms with Crippen LogP contribution in [-0.4, -0.2) is 25.4 Å². The number of carbonyl (C=O) groups excluding carboxylic acids is 2. The molecule has 0 unspecified atom stereocenters. The van der Waals surface area contributed by atoms with E-state index in [2.05, 4.69) is 19.2 Å². The molecule has 0 fully saturated rings. The van der Waals surface area contributed by atoms with E-state index in [1.165, 1.54) is 19.6 Å². The van der Waals surface area contributed by atoms with Crippen LogP contribution in [0.3, 0.4) is 0 Å². The number of hydrogen-bond acceptors (Lipinski definition) is 4. The summed E-state index contributed by atoms with van der Waals surface area (Å²) in [5, 5.41) is 2.80. The largest absolute Gasteiger partial charge is 0.493 e. The summed E-state index contributed by atoms with van der Waals surface area (Å²) in [5.41, 5.74) is 2.50. The molecule has 2 aromatic carbocycles. The number of amides is 1. The minimum atomic E-state index is -0.265. The Balaban J connectivity index is 1.95. The van der Waals surface area contributed by atoms with Crippen molar-refractivity contribution in [2.45, 2.75) is 33.1 Å². The Morgan fingerprint density at radius 1 is 1.08 bits per heavy atom. The van der Waals surface area contributed by atoms with Crippen molar-refractivity contribution in [1.82, 2.24) is 0 Å². The molecule has 0 aliphatic heterocycles. The highest BCUT2D eigenvalue weighted by molar-refractivity contribution is 5.95. The lowest BCUT2D eigenvalue weighted by atomic mass is 9.99. The molecule has 2 rings (SSSR count). The highest BCUT2D eigenvalue weighted by atomic mass is 16.5. The molecule has 0 saturated heterocycles. The first kappa shape index (κ1) is 19.5. The number of rotatable bonds is 8. The van der Waals surface area contributed by atoms with Gasteiger partial charge in [0.25, 0.3) is 5.91 Å². The molecule has 1 atom stereocenters. The van der Waals surface area contributed by atoms with Crippen molar-refractivity contribution in [2.75, 3.05) is 19.0 Å². The second kappa shape index (κ2) is 9.04. The average molecular weight is 355 g/mol. The fourth-order valence-electron chi connectivity index (χ4n) is 2.48. The Morgan fingerprint density at radius 3 is 2.35 bits per heavy atom. The number of carbonyl (C=O) groups is 2. The van der Waals surface area contributed by atoms with E-state index in [-0.39, 0.29) is 18.3 Å². The smallest absolute Gasteiger partial charge is 0.262 e. The quantitative estimate of drug-likeness (QED) is 0.712. The van der Waals surface area contributed by atoms with Crippen LogP contribution in [-0.2, 0) is 4.79 Å². The molecule has 1 N–H and O–H groups in total. The van der Waals surface area contributed by atoms with Gasteiger partial charge in [-0.1, -0.05) is 26.0 Å². The molecular formula is C21H25NO4. The molecule has 5 heteroatoms. The maximum Gasteiger partial charge on any atom is 0.262 e. The van der Waals surface area contributed by atoms with Crippen molar-refractivity contribution in [3.63, 3.8) is 0 Å². The summed E-state index contributed by atoms with van der Waals surface area (Å²) in [5.74, 6) is 1.00. The van der Waals surface area contributed by atoms with E-state index < -0.39 is 0 Å². The minimum absolute atomic E-state index is 0.0616. The van der Waals surface area contributed by atoms with E-state index in [0.717, 1.165) is 12.1 Å². The van der Waals surface area contributed by atoms with E-state index in [1.54, 1.807) is 18.2 Å². The van der Waals surface area contributed by atoms with Crippen LogP contribution in [0.15, 0.2) is 42.5 Å². The predicted molar refractivity (Wildman–Crippen MR) is 102 cm³/mol. The number of nitrogens with one attached hydrogen (secondary N) is 1. The molecule has 26 heavy (non-hydrogen) atoms. The zero-order valence-corrected chi connectivity index (χ0v) is 15.7. The minimum Gasteiger partial charge on any atom is -0.493 e. The standard InChI is InChI=1S/C21H25NO4/c1-5-14(2)16-6-9-18(10-7-16)22-21(24)13-26-19-11-8-17(15(3)23)12-20(19)25-4/h6-12,14H,5,13H2,1-4H3,(H,22,24)/t14-/m0/s1. The highest BCUT2D eigenvalue weighted by Crippen LogP contribution is 2.28. The van der Waals surface area contributed by atoms with Crippen LogP contribution in [0, 0.1) is 0 Å². The van der Waals surface area contributed by atoms with Gasteiger partial charge in [-0.2, -0.15) is 0 Å². The Morgan fingerprint density at radius 2 is 1.77 bits per heavy atom. The van der Waals surface area contributed by atoms with E-state index in [4.69, 9.17) is 9.47 Å². The van der Waals surface area contributed by atoms with Gasteiger partial charge in [0.2, 0.25) is 0 Å². The van der Waals surface area contributed by atoms with E-state index >= 15 is 0 Å². The van der Waals surface area contributed by atoms with Crippen LogP contribution in [0.1, 0.15) is 49.0 Å². The lowest BCUT2D eigenvalue weighted by Gasteiger charge is -2.12. The van der Waals surface area contributed by atoms with Gasteiger partial charge in [-0.25, -0.2) is 0 Å². The van der Waals surface area contributed by atoms with Gasteiger partial charge in [0.15, 0.2) is 23.9 Å². The van der Waals surface area contributed by atoms with Gasteiger partial charge in [-0.3, -0.25) is 9.59 Å². The second-order valence-electron chi connectivity index (χ2n) is 6.19. The molecule has 0 bridgehead atoms. The summed E-state index contributed by atoms with van der Waals surface area (Å²) >= 11 is 0. The van der Waals surface area contributed by atoms with Crippen molar-refractivity contribution < 1.29 is 19.1 Å². The molecule has 0 radical (unpaired) electrons. The van der Waals surface area contributed by atoms with E-state index in [1.807, 2.05) is 24.3 Å². The van der Waals surface area contributed by atoms with Crippen molar-refractivity contribution in [1.29, 1.82) is 0 Å². The van der Waals surface area contributed by atoms with Gasteiger partial charge in [0.05, 0.1) is 7.11 Å². The Bertz CT molecular complexity index is 768. The lowest BCUT2D eigenvalue weighted by Crippen LogP contribution is -2.20. The van der Waals surface area contributed by atoms with Gasteiger partial charge in [0, 0.05) is 11.3 Å². The summed E-state index contributed by atoms with van der Waals surface area (Å²) in [6.07, 6.45) is 1.07. The summed E-state index contributed by atoms with van der Waals surface area (Å²) < 4.78 is 10.8. The molecule has 0 aliphatic carbocycles. The fraction of sp³-hybridized carbons (Fsp3) is 0.333. The summed E-state index contributed by atoms with van der Waals surface area (Å²) in [4.78, 5) is 23.5. The fourth-order valence-corrected chi connectivity index (χ4v) is 2.48. The molecule has 0 spiro atoms. The van der Waals surface area contributed by atoms with Crippen LogP contribution in [0.5, 0.6) is 11.5 Å². The number of benzene rings is 2. The number of ether oxygens (including phenoxy) is 2. The Kier molecular flexibility index (Phi) is 6.78. The van der Waals surface area contributed by atoms with Crippen LogP contribution in [0.25, 0.3) is 0 Å². The molecule has 0 aromatic heterocycles. The molecule has 0 saturated carbocycles. The SMILES string of the molecule is CC[C@H](C)c1ccc(NC(=O)COc2ccc(C(C)=O)cc2OC)cc1. The normalized spacial score (nSPS) is 11.5. The first-order valence-corrected chi connectivity index (χ1v) is 8.66. The second-order valence-corrected chi connectivity index (χ2v) is 6.19. The predicted octanol–water partition coefficient (Wildman–Crippen LogP) is 4.43. The van der Waals surface area contributed by atoms with Gasteiger partial charge in [-0.15, -0.1) is 0 Å². The Labute approximate surface area is 154 Å². The van der Waals surface area contributed by atoms with Gasteiger partial charge >= 0.3 is 0 Å². The third kappa shape index (κ3) is 5.09. The monoisotopic (exact) mass is 355 g/mol. The first-order chi connectivity index (χ1) is 12.4. The number of ketones is 1. The van der Waals surface area contributed by atoms with E-state index in [0.29, 0.717) is 23.0 Å². The van der Waals surface area contributed by atoms with Gasteiger partial charge in [-0.05, 0) is 55.2 Å². The molecule has 1 amide bonds. The van der Waals surface area contributed by atoms with E-state index in [9.17, 15) is 9.59 Å². The molecule has 138 valence electrons. The summed E-state index contributed by atoms with van der Waals surface area (Å²) in [6, 6.07) is 12.7. The molecule has 5 nitrogen and oxygen atoms in total. The summed E-state index contributed by atoms with van der Waals surface area (Å²) in [6.45, 7) is 5.65. The number of Topliss-reactive ketones (excluding diaryl/α,β-unsaturated/α-hetero) is 1. The van der Waals surface area contributed by atoms with Crippen LogP contribution in [0.4, 0.5) is 5.69 Å². The van der Waals surface area contributed by atoms with Gasteiger partial charge < -0.3 is 14.8 Å². The summed E-state index contributed by atoms with van der Waals surface area (Å²) in [7, 11) is 1.49. The molecule has 0 heterocycles. The molecular weight excluding hydrogens is 330 g/mol. The topological polar surface area (TPSA) is 64.6 Å². The Hall–Kier alpha value is -2.82. The highest BCUT2D eigenvalue weighted by Gasteiger charge is 2.11. The lowest BCUT2D eigenvalue weighted by molar-refractivity contribution is -0.118. The first-order valence-electron chi connectivity index (χ1n) is 8.66. The van der Waals surface area contributed by atoms with Crippen LogP contribution >= 0.6 is 0 Å². The maximum atomic E-state index is 12.1. The number of anilines is 1. The van der Waals surface area contributed by atoms with Crippen molar-refractivity contribution in [3.05, 3.63) is 53.6 Å². The van der Waals surface area contributed by atoms with Crippen LogP contribution in [0.2, 0.25) is 0 Å². The molecule has 2 aromatic rings. The number of methoxy groups -OCH3 is 1. The van der Waals surface area contributed by atoms with Crippen molar-refractivity contribution >= 4 is 17.4 Å². The zero-order chi connectivity index (χ0) is 19.1. The number of hydrogen-bond donors (Lipinski definition) is 1. The average Bonchev–Trinajstić information content (AvgIpc) is 2.66. The third-order valence-corrected chi connectivity index (χ3v) is 4.30. The molecule has 0 aliphatic rings. The third-order valence-electron chi connectivity index (χ3n) is 4.30. The van der Waals surface area contributed by atoms with Crippen molar-refractivity contribution in [2.24, 2.45) is 0 Å².